The van der Waals surface area contributed by atoms with Crippen molar-refractivity contribution in [2.75, 3.05) is 13.1 Å². The number of hydrogen-bond acceptors (Lipinski definition) is 3. The molecule has 0 aromatic heterocycles. The van der Waals surface area contributed by atoms with Crippen LogP contribution in [0.15, 0.2) is 24.3 Å². The monoisotopic (exact) mass is 286 g/mol. The molecule has 0 bridgehead atoms. The molecule has 112 valence electrons. The summed E-state index contributed by atoms with van der Waals surface area (Å²) in [5, 5.41) is 3.01. The Morgan fingerprint density at radius 3 is 2.90 bits per heavy atom. The second kappa shape index (κ2) is 5.98. The van der Waals surface area contributed by atoms with Crippen molar-refractivity contribution < 1.29 is 9.59 Å². The summed E-state index contributed by atoms with van der Waals surface area (Å²) in [5.41, 5.74) is 2.69. The number of benzene rings is 1. The van der Waals surface area contributed by atoms with Crippen LogP contribution in [0.4, 0.5) is 0 Å². The summed E-state index contributed by atoms with van der Waals surface area (Å²) >= 11 is 0. The molecule has 1 aromatic carbocycles. The molecule has 1 N–H and O–H groups in total. The molecule has 1 aliphatic heterocycles. The Hall–Kier alpha value is -1.68. The van der Waals surface area contributed by atoms with E-state index in [4.69, 9.17) is 0 Å². The lowest BCUT2D eigenvalue weighted by molar-refractivity contribution is -0.149. The van der Waals surface area contributed by atoms with Crippen molar-refractivity contribution >= 4 is 11.8 Å². The SMILES string of the molecule is CCC1NCC(=O)N(CC2CCCc3ccccc32)C1=O. The minimum atomic E-state index is -0.207. The summed E-state index contributed by atoms with van der Waals surface area (Å²) in [5.74, 6) is 0.142. The molecule has 1 heterocycles. The quantitative estimate of drug-likeness (QED) is 0.863. The molecule has 1 aromatic rings. The van der Waals surface area contributed by atoms with Crippen molar-refractivity contribution in [1.82, 2.24) is 10.2 Å². The van der Waals surface area contributed by atoms with Crippen molar-refractivity contribution in [3.05, 3.63) is 35.4 Å². The first-order chi connectivity index (χ1) is 10.2. The highest BCUT2D eigenvalue weighted by atomic mass is 16.2. The Bertz CT molecular complexity index is 555. The van der Waals surface area contributed by atoms with E-state index in [-0.39, 0.29) is 24.4 Å². The zero-order chi connectivity index (χ0) is 14.8. The van der Waals surface area contributed by atoms with Crippen molar-refractivity contribution in [2.45, 2.75) is 44.6 Å². The molecule has 2 atom stereocenters. The van der Waals surface area contributed by atoms with Gasteiger partial charge in [-0.3, -0.25) is 19.8 Å². The van der Waals surface area contributed by atoms with E-state index in [0.29, 0.717) is 12.5 Å². The average molecular weight is 286 g/mol. The molecule has 2 aliphatic rings. The molecular formula is C17H22N2O2. The van der Waals surface area contributed by atoms with Crippen LogP contribution in [-0.4, -0.2) is 35.8 Å². The fourth-order valence-corrected chi connectivity index (χ4v) is 3.48. The number of rotatable bonds is 3. The maximum atomic E-state index is 12.4. The number of nitrogens with one attached hydrogen (secondary N) is 1. The van der Waals surface area contributed by atoms with Crippen LogP contribution < -0.4 is 5.32 Å². The summed E-state index contributed by atoms with van der Waals surface area (Å²) in [6.07, 6.45) is 4.02. The van der Waals surface area contributed by atoms with Crippen molar-refractivity contribution in [3.63, 3.8) is 0 Å². The lowest BCUT2D eigenvalue weighted by Crippen LogP contribution is -2.58. The van der Waals surface area contributed by atoms with Crippen molar-refractivity contribution in [1.29, 1.82) is 0 Å². The van der Waals surface area contributed by atoms with Gasteiger partial charge in [0.1, 0.15) is 0 Å². The molecule has 0 spiro atoms. The highest BCUT2D eigenvalue weighted by molar-refractivity contribution is 6.01. The predicted octanol–water partition coefficient (Wildman–Crippen LogP) is 1.84. The van der Waals surface area contributed by atoms with Gasteiger partial charge in [0.05, 0.1) is 12.6 Å². The molecule has 4 nitrogen and oxygen atoms in total. The van der Waals surface area contributed by atoms with Gasteiger partial charge in [-0.15, -0.1) is 0 Å². The van der Waals surface area contributed by atoms with Gasteiger partial charge >= 0.3 is 0 Å². The predicted molar refractivity (Wildman–Crippen MR) is 80.9 cm³/mol. The minimum absolute atomic E-state index is 0.0585. The second-order valence-electron chi connectivity index (χ2n) is 5.97. The van der Waals surface area contributed by atoms with E-state index >= 15 is 0 Å². The Balaban J connectivity index is 1.80. The fraction of sp³-hybridized carbons (Fsp3) is 0.529. The summed E-state index contributed by atoms with van der Waals surface area (Å²) in [4.78, 5) is 26.0. The van der Waals surface area contributed by atoms with Gasteiger partial charge in [-0.2, -0.15) is 0 Å². The molecule has 3 rings (SSSR count). The third-order valence-corrected chi connectivity index (χ3v) is 4.67. The lowest BCUT2D eigenvalue weighted by atomic mass is 9.82. The zero-order valence-corrected chi connectivity index (χ0v) is 12.5. The van der Waals surface area contributed by atoms with Gasteiger partial charge in [0.15, 0.2) is 0 Å². The maximum absolute atomic E-state index is 12.4. The Morgan fingerprint density at radius 2 is 2.10 bits per heavy atom. The first kappa shape index (κ1) is 14.3. The Kier molecular flexibility index (Phi) is 4.06. The van der Waals surface area contributed by atoms with Gasteiger partial charge in [-0.1, -0.05) is 31.2 Å². The number of nitrogens with zero attached hydrogens (tertiary/aromatic N) is 1. The van der Waals surface area contributed by atoms with Crippen LogP contribution in [0.2, 0.25) is 0 Å². The molecular weight excluding hydrogens is 264 g/mol. The van der Waals surface area contributed by atoms with E-state index in [9.17, 15) is 9.59 Å². The summed E-state index contributed by atoms with van der Waals surface area (Å²) < 4.78 is 0. The number of amides is 2. The maximum Gasteiger partial charge on any atom is 0.246 e. The first-order valence-corrected chi connectivity index (χ1v) is 7.86. The molecule has 1 aliphatic carbocycles. The molecule has 0 saturated carbocycles. The molecule has 0 radical (unpaired) electrons. The normalized spacial score (nSPS) is 25.9. The van der Waals surface area contributed by atoms with Crippen LogP contribution >= 0.6 is 0 Å². The highest BCUT2D eigenvalue weighted by Crippen LogP contribution is 2.32. The number of imide groups is 1. The van der Waals surface area contributed by atoms with Crippen LogP contribution in [0, 0.1) is 0 Å². The summed E-state index contributed by atoms with van der Waals surface area (Å²) in [7, 11) is 0. The van der Waals surface area contributed by atoms with Crippen LogP contribution in [0.5, 0.6) is 0 Å². The largest absolute Gasteiger partial charge is 0.297 e. The van der Waals surface area contributed by atoms with E-state index in [1.165, 1.54) is 16.0 Å². The smallest absolute Gasteiger partial charge is 0.246 e. The van der Waals surface area contributed by atoms with Gasteiger partial charge in [0.25, 0.3) is 0 Å². The average Bonchev–Trinajstić information content (AvgIpc) is 2.52. The van der Waals surface area contributed by atoms with Gasteiger partial charge < -0.3 is 0 Å². The fourth-order valence-electron chi connectivity index (χ4n) is 3.48. The topological polar surface area (TPSA) is 49.4 Å². The molecule has 2 unspecified atom stereocenters. The van der Waals surface area contributed by atoms with Crippen molar-refractivity contribution in [2.24, 2.45) is 0 Å². The lowest BCUT2D eigenvalue weighted by Gasteiger charge is -2.35. The Morgan fingerprint density at radius 1 is 1.29 bits per heavy atom. The van der Waals surface area contributed by atoms with Crippen LogP contribution in [-0.2, 0) is 16.0 Å². The number of carbonyl (C=O) groups is 2. The first-order valence-electron chi connectivity index (χ1n) is 7.86. The second-order valence-corrected chi connectivity index (χ2v) is 5.97. The molecule has 21 heavy (non-hydrogen) atoms. The van der Waals surface area contributed by atoms with E-state index < -0.39 is 0 Å². The van der Waals surface area contributed by atoms with E-state index in [2.05, 4.69) is 23.5 Å². The summed E-state index contributed by atoms with van der Waals surface area (Å²) in [6, 6.07) is 8.22. The third-order valence-electron chi connectivity index (χ3n) is 4.67. The Labute approximate surface area is 125 Å². The standard InChI is InChI=1S/C17H22N2O2/c1-2-15-17(21)19(16(20)10-18-15)11-13-8-5-7-12-6-3-4-9-14(12)13/h3-4,6,9,13,15,18H,2,5,7-8,10-11H2,1H3. The van der Waals surface area contributed by atoms with E-state index in [0.717, 1.165) is 25.7 Å². The van der Waals surface area contributed by atoms with Crippen molar-refractivity contribution in [3.8, 4) is 0 Å². The molecule has 2 amide bonds. The van der Waals surface area contributed by atoms with Gasteiger partial charge in [0, 0.05) is 12.5 Å². The number of piperazine rings is 1. The molecule has 1 fully saturated rings. The highest BCUT2D eigenvalue weighted by Gasteiger charge is 2.35. The number of fused-ring (bicyclic) bond motifs is 1. The molecule has 1 saturated heterocycles. The molecule has 4 heteroatoms. The number of carbonyl (C=O) groups excluding carboxylic acids is 2. The van der Waals surface area contributed by atoms with Crippen LogP contribution in [0.1, 0.15) is 43.2 Å². The minimum Gasteiger partial charge on any atom is -0.297 e. The van der Waals surface area contributed by atoms with Crippen LogP contribution in [0.25, 0.3) is 0 Å². The van der Waals surface area contributed by atoms with Gasteiger partial charge in [-0.25, -0.2) is 0 Å². The van der Waals surface area contributed by atoms with E-state index in [1.807, 2.05) is 13.0 Å². The number of aryl methyl sites for hydroxylation is 1. The zero-order valence-electron chi connectivity index (χ0n) is 12.5. The van der Waals surface area contributed by atoms with Gasteiger partial charge in [0.2, 0.25) is 11.8 Å². The third kappa shape index (κ3) is 2.72. The number of hydrogen-bond donors (Lipinski definition) is 1. The van der Waals surface area contributed by atoms with E-state index in [1.54, 1.807) is 0 Å². The van der Waals surface area contributed by atoms with Gasteiger partial charge in [-0.05, 0) is 36.8 Å². The van der Waals surface area contributed by atoms with Crippen LogP contribution in [0.3, 0.4) is 0 Å². The summed E-state index contributed by atoms with van der Waals surface area (Å²) in [6.45, 7) is 2.78.